The second-order valence-corrected chi connectivity index (χ2v) is 6.56. The maximum atomic E-state index is 12.6. The average molecular weight is 327 g/mol. The SMILES string of the molecule is CCc1c(C)nn(C)c1NC(=O)N[C@@H](c1cc(C)ccn1)C1CC1. The second kappa shape index (κ2) is 6.63. The fourth-order valence-corrected chi connectivity index (χ4v) is 3.16. The molecular weight excluding hydrogens is 302 g/mol. The zero-order valence-electron chi connectivity index (χ0n) is 14.8. The quantitative estimate of drug-likeness (QED) is 0.885. The van der Waals surface area contributed by atoms with Gasteiger partial charge in [0.2, 0.25) is 0 Å². The molecule has 6 nitrogen and oxygen atoms in total. The van der Waals surface area contributed by atoms with E-state index < -0.39 is 0 Å². The summed E-state index contributed by atoms with van der Waals surface area (Å²) in [5, 5.41) is 10.5. The number of nitrogens with one attached hydrogen (secondary N) is 2. The van der Waals surface area contributed by atoms with Crippen LogP contribution in [0.4, 0.5) is 10.6 Å². The van der Waals surface area contributed by atoms with Gasteiger partial charge in [-0.1, -0.05) is 6.92 Å². The van der Waals surface area contributed by atoms with Crippen LogP contribution in [0.5, 0.6) is 0 Å². The van der Waals surface area contributed by atoms with Crippen molar-refractivity contribution in [3.63, 3.8) is 0 Å². The lowest BCUT2D eigenvalue weighted by molar-refractivity contribution is 0.246. The first-order valence-corrected chi connectivity index (χ1v) is 8.52. The van der Waals surface area contributed by atoms with Crippen LogP contribution in [0, 0.1) is 19.8 Å². The van der Waals surface area contributed by atoms with Crippen LogP contribution in [0.3, 0.4) is 0 Å². The minimum atomic E-state index is -0.201. The van der Waals surface area contributed by atoms with Crippen molar-refractivity contribution in [1.29, 1.82) is 0 Å². The third kappa shape index (κ3) is 3.42. The predicted molar refractivity (Wildman–Crippen MR) is 93.9 cm³/mol. The van der Waals surface area contributed by atoms with Gasteiger partial charge in [0.05, 0.1) is 17.4 Å². The standard InChI is InChI=1S/C18H25N5O/c1-5-14-12(3)22-23(4)17(14)21-18(24)20-16(13-6-7-13)15-10-11(2)8-9-19-15/h8-10,13,16H,5-7H2,1-4H3,(H2,20,21,24)/t16-/m1/s1. The number of urea groups is 1. The van der Waals surface area contributed by atoms with Gasteiger partial charge < -0.3 is 5.32 Å². The summed E-state index contributed by atoms with van der Waals surface area (Å²) in [5.74, 6) is 1.24. The van der Waals surface area contributed by atoms with Gasteiger partial charge in [-0.05, 0) is 56.7 Å². The van der Waals surface area contributed by atoms with Crippen LogP contribution >= 0.6 is 0 Å². The lowest BCUT2D eigenvalue weighted by Crippen LogP contribution is -2.35. The summed E-state index contributed by atoms with van der Waals surface area (Å²) in [6.45, 7) is 6.07. The molecule has 2 N–H and O–H groups in total. The summed E-state index contributed by atoms with van der Waals surface area (Å²) in [5.41, 5.74) is 4.12. The number of hydrogen-bond acceptors (Lipinski definition) is 3. The summed E-state index contributed by atoms with van der Waals surface area (Å²) < 4.78 is 1.73. The Bertz CT molecular complexity index is 748. The van der Waals surface area contributed by atoms with Crippen molar-refractivity contribution in [2.24, 2.45) is 13.0 Å². The molecule has 6 heteroatoms. The Morgan fingerprint density at radius 2 is 2.17 bits per heavy atom. The van der Waals surface area contributed by atoms with Crippen molar-refractivity contribution in [2.75, 3.05) is 5.32 Å². The van der Waals surface area contributed by atoms with Crippen molar-refractivity contribution < 1.29 is 4.79 Å². The Hall–Kier alpha value is -2.37. The molecule has 0 saturated heterocycles. The smallest absolute Gasteiger partial charge is 0.320 e. The average Bonchev–Trinajstić information content (AvgIpc) is 3.33. The largest absolute Gasteiger partial charge is 0.329 e. The van der Waals surface area contributed by atoms with Crippen LogP contribution in [-0.2, 0) is 13.5 Å². The van der Waals surface area contributed by atoms with Gasteiger partial charge in [-0.2, -0.15) is 5.10 Å². The molecule has 128 valence electrons. The summed E-state index contributed by atoms with van der Waals surface area (Å²) >= 11 is 0. The monoisotopic (exact) mass is 327 g/mol. The molecular formula is C18H25N5O. The molecule has 1 saturated carbocycles. The van der Waals surface area contributed by atoms with E-state index in [1.165, 1.54) is 0 Å². The molecule has 2 aromatic rings. The van der Waals surface area contributed by atoms with E-state index in [4.69, 9.17) is 0 Å². The zero-order valence-corrected chi connectivity index (χ0v) is 14.8. The van der Waals surface area contributed by atoms with Crippen molar-refractivity contribution in [3.05, 3.63) is 40.8 Å². The molecule has 3 rings (SSSR count). The van der Waals surface area contributed by atoms with Crippen LogP contribution in [0.2, 0.25) is 0 Å². The lowest BCUT2D eigenvalue weighted by atomic mass is 10.1. The molecule has 1 aliphatic carbocycles. The van der Waals surface area contributed by atoms with Gasteiger partial charge in [-0.25, -0.2) is 4.79 Å². The Labute approximate surface area is 142 Å². The van der Waals surface area contributed by atoms with Crippen LogP contribution in [-0.4, -0.2) is 20.8 Å². The van der Waals surface area contributed by atoms with E-state index in [2.05, 4.69) is 33.7 Å². The maximum Gasteiger partial charge on any atom is 0.320 e. The third-order valence-electron chi connectivity index (χ3n) is 4.57. The number of carbonyl (C=O) groups excluding carboxylic acids is 1. The van der Waals surface area contributed by atoms with E-state index in [-0.39, 0.29) is 12.1 Å². The van der Waals surface area contributed by atoms with Gasteiger partial charge in [-0.15, -0.1) is 0 Å². The highest BCUT2D eigenvalue weighted by atomic mass is 16.2. The highest BCUT2D eigenvalue weighted by molar-refractivity contribution is 5.89. The van der Waals surface area contributed by atoms with E-state index >= 15 is 0 Å². The van der Waals surface area contributed by atoms with Crippen LogP contribution in [0.25, 0.3) is 0 Å². The van der Waals surface area contributed by atoms with E-state index in [0.29, 0.717) is 5.92 Å². The Kier molecular flexibility index (Phi) is 4.55. The number of amides is 2. The number of carbonyl (C=O) groups is 1. The molecule has 0 aliphatic heterocycles. The topological polar surface area (TPSA) is 71.8 Å². The number of aryl methyl sites for hydroxylation is 3. The Morgan fingerprint density at radius 3 is 2.79 bits per heavy atom. The van der Waals surface area contributed by atoms with E-state index in [1.54, 1.807) is 10.9 Å². The first-order chi connectivity index (χ1) is 11.5. The van der Waals surface area contributed by atoms with Crippen molar-refractivity contribution >= 4 is 11.8 Å². The molecule has 1 fully saturated rings. The number of aromatic nitrogens is 3. The molecule has 1 aliphatic rings. The fourth-order valence-electron chi connectivity index (χ4n) is 3.16. The summed E-state index contributed by atoms with van der Waals surface area (Å²) in [7, 11) is 1.85. The number of nitrogens with zero attached hydrogens (tertiary/aromatic N) is 3. The highest BCUT2D eigenvalue weighted by Gasteiger charge is 2.34. The number of anilines is 1. The van der Waals surface area contributed by atoms with E-state index in [0.717, 1.165) is 47.6 Å². The van der Waals surface area contributed by atoms with Gasteiger partial charge in [0.15, 0.2) is 0 Å². The maximum absolute atomic E-state index is 12.6. The van der Waals surface area contributed by atoms with Gasteiger partial charge in [0.1, 0.15) is 5.82 Å². The highest BCUT2D eigenvalue weighted by Crippen LogP contribution is 2.40. The summed E-state index contributed by atoms with van der Waals surface area (Å²) in [4.78, 5) is 17.0. The molecule has 24 heavy (non-hydrogen) atoms. The Morgan fingerprint density at radius 1 is 1.42 bits per heavy atom. The minimum Gasteiger partial charge on any atom is -0.329 e. The molecule has 1 atom stereocenters. The molecule has 0 unspecified atom stereocenters. The zero-order chi connectivity index (χ0) is 17.3. The molecule has 2 aromatic heterocycles. The van der Waals surface area contributed by atoms with Crippen molar-refractivity contribution in [3.8, 4) is 0 Å². The normalized spacial score (nSPS) is 15.2. The van der Waals surface area contributed by atoms with Crippen LogP contribution in [0.1, 0.15) is 48.3 Å². The minimum absolute atomic E-state index is 0.0377. The lowest BCUT2D eigenvalue weighted by Gasteiger charge is -2.19. The fraction of sp³-hybridized carbons (Fsp3) is 0.500. The van der Waals surface area contributed by atoms with E-state index in [1.807, 2.05) is 27.0 Å². The van der Waals surface area contributed by atoms with Gasteiger partial charge >= 0.3 is 6.03 Å². The van der Waals surface area contributed by atoms with Crippen LogP contribution in [0.15, 0.2) is 18.3 Å². The summed E-state index contributed by atoms with van der Waals surface area (Å²) in [6, 6.07) is 3.78. The summed E-state index contributed by atoms with van der Waals surface area (Å²) in [6.07, 6.45) is 4.90. The number of hydrogen-bond donors (Lipinski definition) is 2. The molecule has 0 bridgehead atoms. The first kappa shape index (κ1) is 16.5. The van der Waals surface area contributed by atoms with Crippen molar-refractivity contribution in [2.45, 2.75) is 46.1 Å². The first-order valence-electron chi connectivity index (χ1n) is 8.52. The van der Waals surface area contributed by atoms with E-state index in [9.17, 15) is 4.79 Å². The molecule has 0 aromatic carbocycles. The molecule has 0 radical (unpaired) electrons. The van der Waals surface area contributed by atoms with Gasteiger partial charge in [0.25, 0.3) is 0 Å². The van der Waals surface area contributed by atoms with Crippen LogP contribution < -0.4 is 10.6 Å². The Balaban J connectivity index is 1.75. The molecule has 2 amide bonds. The molecule has 2 heterocycles. The van der Waals surface area contributed by atoms with Gasteiger partial charge in [0, 0.05) is 18.8 Å². The molecule has 0 spiro atoms. The number of pyridine rings is 1. The third-order valence-corrected chi connectivity index (χ3v) is 4.57. The second-order valence-electron chi connectivity index (χ2n) is 6.56. The van der Waals surface area contributed by atoms with Gasteiger partial charge in [-0.3, -0.25) is 15.0 Å². The number of rotatable bonds is 5. The predicted octanol–water partition coefficient (Wildman–Crippen LogP) is 3.27. The van der Waals surface area contributed by atoms with Crippen molar-refractivity contribution in [1.82, 2.24) is 20.1 Å².